The van der Waals surface area contributed by atoms with Crippen LogP contribution in [0.2, 0.25) is 0 Å². The molecule has 4 nitrogen and oxygen atoms in total. The summed E-state index contributed by atoms with van der Waals surface area (Å²) < 4.78 is 0. The van der Waals surface area contributed by atoms with Crippen LogP contribution in [0.25, 0.3) is 0 Å². The van der Waals surface area contributed by atoms with E-state index in [-0.39, 0.29) is 0 Å². The minimum Gasteiger partial charge on any atom is -0.478 e. The molecule has 1 aromatic rings. The molecule has 0 spiro atoms. The fraction of sp³-hybridized carbons (Fsp3) is 0.643. The number of carbonyl (C=O) groups is 1. The lowest BCUT2D eigenvalue weighted by atomic mass is 10.2. The zero-order valence-corrected chi connectivity index (χ0v) is 11.9. The molecular weight excluding hydrogens is 260 g/mol. The van der Waals surface area contributed by atoms with Crippen LogP contribution in [0, 0.1) is 6.92 Å². The molecule has 2 aliphatic carbocycles. The molecule has 0 saturated heterocycles. The number of aryl methyl sites for hydroxylation is 1. The van der Waals surface area contributed by atoms with Gasteiger partial charge in [0.05, 0.1) is 5.69 Å². The van der Waals surface area contributed by atoms with Crippen molar-refractivity contribution in [2.45, 2.75) is 61.6 Å². The molecule has 0 aromatic carbocycles. The third-order valence-corrected chi connectivity index (χ3v) is 5.13. The standard InChI is InChI=1S/C14H18N2O2S/c1-8-11(14(17)18)13(19-10-4-2-3-5-10)16-12(15-8)9-6-7-9/h9-10H,2-7H2,1H3,(H,17,18). The second-order valence-electron chi connectivity index (χ2n) is 5.45. The molecule has 19 heavy (non-hydrogen) atoms. The van der Waals surface area contributed by atoms with Crippen LogP contribution in [-0.2, 0) is 0 Å². The smallest absolute Gasteiger partial charge is 0.340 e. The molecule has 0 aliphatic heterocycles. The monoisotopic (exact) mass is 278 g/mol. The Hall–Kier alpha value is -1.10. The number of carboxylic acid groups (broad SMARTS) is 1. The lowest BCUT2D eigenvalue weighted by Crippen LogP contribution is -2.10. The first-order valence-electron chi connectivity index (χ1n) is 6.93. The van der Waals surface area contributed by atoms with Crippen molar-refractivity contribution in [3.63, 3.8) is 0 Å². The van der Waals surface area contributed by atoms with Crippen LogP contribution in [-0.4, -0.2) is 26.3 Å². The quantitative estimate of drug-likeness (QED) is 0.855. The predicted molar refractivity (Wildman–Crippen MR) is 73.8 cm³/mol. The van der Waals surface area contributed by atoms with Gasteiger partial charge in [0.25, 0.3) is 0 Å². The highest BCUT2D eigenvalue weighted by Crippen LogP contribution is 2.41. The summed E-state index contributed by atoms with van der Waals surface area (Å²) in [7, 11) is 0. The van der Waals surface area contributed by atoms with Crippen molar-refractivity contribution >= 4 is 17.7 Å². The maximum atomic E-state index is 11.4. The second kappa shape index (κ2) is 5.12. The topological polar surface area (TPSA) is 63.1 Å². The molecule has 1 heterocycles. The van der Waals surface area contributed by atoms with Gasteiger partial charge in [-0.15, -0.1) is 11.8 Å². The molecule has 0 amide bonds. The van der Waals surface area contributed by atoms with Crippen molar-refractivity contribution in [1.29, 1.82) is 0 Å². The Balaban J connectivity index is 1.94. The van der Waals surface area contributed by atoms with Gasteiger partial charge in [-0.25, -0.2) is 14.8 Å². The van der Waals surface area contributed by atoms with E-state index in [1.54, 1.807) is 18.7 Å². The van der Waals surface area contributed by atoms with E-state index in [1.165, 1.54) is 25.7 Å². The molecule has 102 valence electrons. The van der Waals surface area contributed by atoms with E-state index in [0.29, 0.717) is 27.5 Å². The first-order chi connectivity index (χ1) is 9.15. The van der Waals surface area contributed by atoms with E-state index in [2.05, 4.69) is 9.97 Å². The molecule has 1 N–H and O–H groups in total. The maximum absolute atomic E-state index is 11.4. The Labute approximate surface area is 117 Å². The zero-order chi connectivity index (χ0) is 13.4. The molecule has 5 heteroatoms. The number of carboxylic acids is 1. The van der Waals surface area contributed by atoms with Gasteiger partial charge in [-0.1, -0.05) is 12.8 Å². The fourth-order valence-electron chi connectivity index (χ4n) is 2.59. The predicted octanol–water partition coefficient (Wildman–Crippen LogP) is 3.40. The Bertz CT molecular complexity index is 508. The summed E-state index contributed by atoms with van der Waals surface area (Å²) in [6, 6.07) is 0. The summed E-state index contributed by atoms with van der Waals surface area (Å²) in [5, 5.41) is 10.6. The van der Waals surface area contributed by atoms with Gasteiger partial charge < -0.3 is 5.11 Å². The lowest BCUT2D eigenvalue weighted by Gasteiger charge is -2.13. The molecule has 3 rings (SSSR count). The van der Waals surface area contributed by atoms with Gasteiger partial charge in [-0.05, 0) is 32.6 Å². The van der Waals surface area contributed by atoms with E-state index in [1.807, 2.05) is 0 Å². The molecule has 0 bridgehead atoms. The lowest BCUT2D eigenvalue weighted by molar-refractivity contribution is 0.0690. The van der Waals surface area contributed by atoms with Crippen molar-refractivity contribution in [3.05, 3.63) is 17.1 Å². The molecule has 0 unspecified atom stereocenters. The van der Waals surface area contributed by atoms with Crippen LogP contribution in [0.4, 0.5) is 0 Å². The van der Waals surface area contributed by atoms with Gasteiger partial charge in [0.1, 0.15) is 16.4 Å². The van der Waals surface area contributed by atoms with E-state index >= 15 is 0 Å². The van der Waals surface area contributed by atoms with Crippen molar-refractivity contribution in [2.75, 3.05) is 0 Å². The first-order valence-corrected chi connectivity index (χ1v) is 7.81. The Morgan fingerprint density at radius 2 is 1.89 bits per heavy atom. The highest BCUT2D eigenvalue weighted by atomic mass is 32.2. The molecule has 2 fully saturated rings. The van der Waals surface area contributed by atoms with E-state index in [4.69, 9.17) is 0 Å². The van der Waals surface area contributed by atoms with Crippen molar-refractivity contribution in [3.8, 4) is 0 Å². The fourth-order valence-corrected chi connectivity index (χ4v) is 3.97. The summed E-state index contributed by atoms with van der Waals surface area (Å²) in [5.74, 6) is 0.410. The minimum atomic E-state index is -0.902. The van der Waals surface area contributed by atoms with E-state index in [9.17, 15) is 9.90 Å². The van der Waals surface area contributed by atoms with Crippen LogP contribution in [0.5, 0.6) is 0 Å². The third-order valence-electron chi connectivity index (χ3n) is 3.81. The van der Waals surface area contributed by atoms with Crippen molar-refractivity contribution in [1.82, 2.24) is 9.97 Å². The molecule has 2 aliphatic rings. The summed E-state index contributed by atoms with van der Waals surface area (Å²) in [5.41, 5.74) is 0.922. The van der Waals surface area contributed by atoms with Crippen LogP contribution in [0.15, 0.2) is 5.03 Å². The number of hydrogen-bond donors (Lipinski definition) is 1. The number of rotatable bonds is 4. The van der Waals surface area contributed by atoms with Gasteiger partial charge in [0, 0.05) is 11.2 Å². The van der Waals surface area contributed by atoms with Gasteiger partial charge in [0.2, 0.25) is 0 Å². The molecule has 0 radical (unpaired) electrons. The van der Waals surface area contributed by atoms with Gasteiger partial charge >= 0.3 is 5.97 Å². The average Bonchev–Trinajstić information content (AvgIpc) is 3.08. The molecule has 0 atom stereocenters. The number of nitrogens with zero attached hydrogens (tertiary/aromatic N) is 2. The normalized spacial score (nSPS) is 19.8. The number of aromatic carboxylic acids is 1. The largest absolute Gasteiger partial charge is 0.478 e. The summed E-state index contributed by atoms with van der Waals surface area (Å²) in [6.07, 6.45) is 7.12. The van der Waals surface area contributed by atoms with Gasteiger partial charge in [-0.3, -0.25) is 0 Å². The molecule has 1 aromatic heterocycles. The second-order valence-corrected chi connectivity index (χ2v) is 6.74. The van der Waals surface area contributed by atoms with Crippen LogP contribution >= 0.6 is 11.8 Å². The Morgan fingerprint density at radius 1 is 1.21 bits per heavy atom. The average molecular weight is 278 g/mol. The minimum absolute atomic E-state index is 0.307. The van der Waals surface area contributed by atoms with Crippen LogP contribution < -0.4 is 0 Å². The van der Waals surface area contributed by atoms with Crippen molar-refractivity contribution < 1.29 is 9.90 Å². The number of thioether (sulfide) groups is 1. The van der Waals surface area contributed by atoms with E-state index < -0.39 is 5.97 Å². The SMILES string of the molecule is Cc1nc(C2CC2)nc(SC2CCCC2)c1C(=O)O. The highest BCUT2D eigenvalue weighted by Gasteiger charge is 2.30. The van der Waals surface area contributed by atoms with Crippen molar-refractivity contribution in [2.24, 2.45) is 0 Å². The number of hydrogen-bond acceptors (Lipinski definition) is 4. The van der Waals surface area contributed by atoms with Crippen LogP contribution in [0.3, 0.4) is 0 Å². The highest BCUT2D eigenvalue weighted by molar-refractivity contribution is 7.99. The van der Waals surface area contributed by atoms with Gasteiger partial charge in [-0.2, -0.15) is 0 Å². The van der Waals surface area contributed by atoms with Crippen LogP contribution in [0.1, 0.15) is 66.3 Å². The Kier molecular flexibility index (Phi) is 3.48. The summed E-state index contributed by atoms with van der Waals surface area (Å²) in [4.78, 5) is 20.4. The van der Waals surface area contributed by atoms with Gasteiger partial charge in [0.15, 0.2) is 0 Å². The first kappa shape index (κ1) is 12.9. The van der Waals surface area contributed by atoms with E-state index in [0.717, 1.165) is 18.7 Å². The molecular formula is C14H18N2O2S. The summed E-state index contributed by atoms with van der Waals surface area (Å²) >= 11 is 1.65. The Morgan fingerprint density at radius 3 is 2.47 bits per heavy atom. The third kappa shape index (κ3) is 2.76. The zero-order valence-electron chi connectivity index (χ0n) is 11.1. The number of aromatic nitrogens is 2. The summed E-state index contributed by atoms with van der Waals surface area (Å²) in [6.45, 7) is 1.79. The molecule has 2 saturated carbocycles. The maximum Gasteiger partial charge on any atom is 0.340 e.